The van der Waals surface area contributed by atoms with Gasteiger partial charge in [0.1, 0.15) is 5.82 Å². The molecule has 2 aromatic rings. The summed E-state index contributed by atoms with van der Waals surface area (Å²) < 4.78 is 13.3. The topological polar surface area (TPSA) is 58.7 Å². The Morgan fingerprint density at radius 3 is 2.95 bits per heavy atom. The minimum atomic E-state index is -0.256. The van der Waals surface area contributed by atoms with Gasteiger partial charge in [-0.2, -0.15) is 0 Å². The highest BCUT2D eigenvalue weighted by Crippen LogP contribution is 2.33. The lowest BCUT2D eigenvalue weighted by atomic mass is 10.0. The summed E-state index contributed by atoms with van der Waals surface area (Å²) in [6.45, 7) is 0.491. The number of amides is 1. The largest absolute Gasteiger partial charge is 0.369 e. The molecule has 0 aliphatic carbocycles. The molecule has 0 fully saturated rings. The summed E-state index contributed by atoms with van der Waals surface area (Å²) in [4.78, 5) is 18.8. The van der Waals surface area contributed by atoms with Crippen LogP contribution in [-0.2, 0) is 4.79 Å². The summed E-state index contributed by atoms with van der Waals surface area (Å²) in [5.74, 6) is -0.0175. The first-order valence-corrected chi connectivity index (χ1v) is 7.83. The Balaban J connectivity index is 1.86. The van der Waals surface area contributed by atoms with Crippen LogP contribution in [0.4, 0.5) is 4.39 Å². The molecule has 1 amide bonds. The number of rotatable bonds is 2. The van der Waals surface area contributed by atoms with Gasteiger partial charge in [-0.15, -0.1) is 11.3 Å². The Hall–Kier alpha value is -2.21. The molecule has 114 valence electrons. The van der Waals surface area contributed by atoms with Gasteiger partial charge in [0.25, 0.3) is 0 Å². The summed E-state index contributed by atoms with van der Waals surface area (Å²) in [5, 5.41) is 1.98. The summed E-state index contributed by atoms with van der Waals surface area (Å²) in [7, 11) is 1.64. The van der Waals surface area contributed by atoms with E-state index in [-0.39, 0.29) is 23.6 Å². The van der Waals surface area contributed by atoms with E-state index in [2.05, 4.69) is 4.99 Å². The molecule has 1 aliphatic heterocycles. The molecule has 0 saturated carbocycles. The van der Waals surface area contributed by atoms with E-state index in [4.69, 9.17) is 5.73 Å². The lowest BCUT2D eigenvalue weighted by Crippen LogP contribution is -2.37. The fraction of sp³-hybridized carbons (Fsp3) is 0.250. The van der Waals surface area contributed by atoms with Crippen molar-refractivity contribution >= 4 is 23.2 Å². The molecule has 2 heterocycles. The van der Waals surface area contributed by atoms with Gasteiger partial charge in [-0.05, 0) is 34.7 Å². The highest BCUT2D eigenvalue weighted by atomic mass is 32.1. The summed E-state index contributed by atoms with van der Waals surface area (Å²) in [6.07, 6.45) is 0.379. The fourth-order valence-corrected chi connectivity index (χ4v) is 3.44. The third-order valence-electron chi connectivity index (χ3n) is 3.79. The number of guanidine groups is 1. The molecule has 0 radical (unpaired) electrons. The number of thiophene rings is 1. The minimum absolute atomic E-state index is 0.0170. The Kier molecular flexibility index (Phi) is 3.94. The number of benzene rings is 1. The van der Waals surface area contributed by atoms with Crippen molar-refractivity contribution in [3.8, 4) is 11.1 Å². The van der Waals surface area contributed by atoms with Crippen molar-refractivity contribution in [2.24, 2.45) is 10.7 Å². The first kappa shape index (κ1) is 14.7. The van der Waals surface area contributed by atoms with E-state index in [0.29, 0.717) is 13.0 Å². The number of nitrogens with zero attached hydrogens (tertiary/aromatic N) is 2. The van der Waals surface area contributed by atoms with Gasteiger partial charge in [0.2, 0.25) is 5.91 Å². The van der Waals surface area contributed by atoms with Crippen LogP contribution < -0.4 is 5.73 Å². The highest BCUT2D eigenvalue weighted by molar-refractivity contribution is 7.10. The van der Waals surface area contributed by atoms with E-state index in [1.807, 2.05) is 17.5 Å². The van der Waals surface area contributed by atoms with E-state index >= 15 is 0 Å². The number of aliphatic imine (C=N–C) groups is 1. The molecule has 1 atom stereocenters. The second kappa shape index (κ2) is 5.88. The van der Waals surface area contributed by atoms with Crippen molar-refractivity contribution in [2.45, 2.75) is 12.3 Å². The lowest BCUT2D eigenvalue weighted by Gasteiger charge is -2.14. The van der Waals surface area contributed by atoms with Gasteiger partial charge < -0.3 is 5.73 Å². The molecular formula is C16H16FN3OS. The van der Waals surface area contributed by atoms with Crippen LogP contribution in [0.5, 0.6) is 0 Å². The van der Waals surface area contributed by atoms with Crippen LogP contribution in [0.2, 0.25) is 0 Å². The van der Waals surface area contributed by atoms with Gasteiger partial charge in [0, 0.05) is 24.3 Å². The molecule has 2 N–H and O–H groups in total. The molecule has 6 heteroatoms. The SMILES string of the molecule is CN1C(=O)CC(c2cc(-c3cccc(F)c3)cs2)CN=C1N. The molecule has 22 heavy (non-hydrogen) atoms. The molecule has 1 aromatic heterocycles. The monoisotopic (exact) mass is 317 g/mol. The zero-order valence-corrected chi connectivity index (χ0v) is 12.9. The third-order valence-corrected chi connectivity index (χ3v) is 4.89. The molecule has 0 spiro atoms. The van der Waals surface area contributed by atoms with E-state index in [1.165, 1.54) is 17.0 Å². The van der Waals surface area contributed by atoms with Gasteiger partial charge in [-0.3, -0.25) is 14.7 Å². The van der Waals surface area contributed by atoms with Crippen LogP contribution in [0.15, 0.2) is 40.7 Å². The van der Waals surface area contributed by atoms with Crippen LogP contribution in [0, 0.1) is 5.82 Å². The Labute approximate surface area is 132 Å². The average Bonchev–Trinajstić information content (AvgIpc) is 2.95. The maximum absolute atomic E-state index is 13.3. The third kappa shape index (κ3) is 2.87. The van der Waals surface area contributed by atoms with E-state index in [0.717, 1.165) is 16.0 Å². The predicted molar refractivity (Wildman–Crippen MR) is 86.3 cm³/mol. The van der Waals surface area contributed by atoms with Gasteiger partial charge in [-0.25, -0.2) is 4.39 Å². The molecule has 0 bridgehead atoms. The molecular weight excluding hydrogens is 301 g/mol. The van der Waals surface area contributed by atoms with Gasteiger partial charge in [0.15, 0.2) is 5.96 Å². The Morgan fingerprint density at radius 2 is 2.18 bits per heavy atom. The average molecular weight is 317 g/mol. The number of carbonyl (C=O) groups excluding carboxylic acids is 1. The standard InChI is InChI=1S/C16H16FN3OS/c1-20-15(21)7-11(8-19-16(20)18)14-6-12(9-22-14)10-3-2-4-13(17)5-10/h2-6,9,11H,7-8H2,1H3,(H2,18,19). The van der Waals surface area contributed by atoms with Crippen molar-refractivity contribution < 1.29 is 9.18 Å². The first-order valence-electron chi connectivity index (χ1n) is 6.95. The summed E-state index contributed by atoms with van der Waals surface area (Å²) in [5.41, 5.74) is 7.53. The van der Waals surface area contributed by atoms with Gasteiger partial charge >= 0.3 is 0 Å². The lowest BCUT2D eigenvalue weighted by molar-refractivity contribution is -0.126. The van der Waals surface area contributed by atoms with Crippen molar-refractivity contribution in [3.63, 3.8) is 0 Å². The maximum Gasteiger partial charge on any atom is 0.229 e. The number of carbonyl (C=O) groups is 1. The van der Waals surface area contributed by atoms with E-state index in [9.17, 15) is 9.18 Å². The number of nitrogens with two attached hydrogens (primary N) is 1. The van der Waals surface area contributed by atoms with Crippen LogP contribution in [0.3, 0.4) is 0 Å². The van der Waals surface area contributed by atoms with Crippen molar-refractivity contribution in [1.82, 2.24) is 4.90 Å². The normalized spacial score (nSPS) is 19.0. The smallest absolute Gasteiger partial charge is 0.229 e. The van der Waals surface area contributed by atoms with Crippen LogP contribution >= 0.6 is 11.3 Å². The van der Waals surface area contributed by atoms with Crippen LogP contribution in [0.1, 0.15) is 17.2 Å². The fourth-order valence-electron chi connectivity index (χ4n) is 2.43. The van der Waals surface area contributed by atoms with Crippen LogP contribution in [0.25, 0.3) is 11.1 Å². The Morgan fingerprint density at radius 1 is 1.36 bits per heavy atom. The van der Waals surface area contributed by atoms with Crippen molar-refractivity contribution in [3.05, 3.63) is 46.4 Å². The number of hydrogen-bond acceptors (Lipinski definition) is 4. The molecule has 3 rings (SSSR count). The highest BCUT2D eigenvalue weighted by Gasteiger charge is 2.25. The van der Waals surface area contributed by atoms with Crippen molar-refractivity contribution in [2.75, 3.05) is 13.6 Å². The minimum Gasteiger partial charge on any atom is -0.369 e. The number of halogens is 1. The molecule has 1 unspecified atom stereocenters. The zero-order valence-electron chi connectivity index (χ0n) is 12.1. The summed E-state index contributed by atoms with van der Waals surface area (Å²) >= 11 is 1.57. The predicted octanol–water partition coefficient (Wildman–Crippen LogP) is 2.81. The van der Waals surface area contributed by atoms with Gasteiger partial charge in [-0.1, -0.05) is 12.1 Å². The second-order valence-corrected chi connectivity index (χ2v) is 6.24. The Bertz CT molecular complexity index is 740. The quantitative estimate of drug-likeness (QED) is 0.926. The maximum atomic E-state index is 13.3. The molecule has 1 aliphatic rings. The van der Waals surface area contributed by atoms with Gasteiger partial charge in [0.05, 0.1) is 6.54 Å². The molecule has 4 nitrogen and oxygen atoms in total. The van der Waals surface area contributed by atoms with E-state index < -0.39 is 0 Å². The number of hydrogen-bond donors (Lipinski definition) is 1. The molecule has 0 saturated heterocycles. The zero-order chi connectivity index (χ0) is 15.7. The second-order valence-electron chi connectivity index (χ2n) is 5.30. The first-order chi connectivity index (χ1) is 10.5. The van der Waals surface area contributed by atoms with E-state index in [1.54, 1.807) is 24.5 Å². The van der Waals surface area contributed by atoms with Crippen LogP contribution in [-0.4, -0.2) is 30.4 Å². The summed E-state index contributed by atoms with van der Waals surface area (Å²) in [6, 6.07) is 8.50. The van der Waals surface area contributed by atoms with Crippen molar-refractivity contribution in [1.29, 1.82) is 0 Å². The molecule has 1 aromatic carbocycles.